The Balaban J connectivity index is 3.05. The van der Waals surface area contributed by atoms with Crippen molar-refractivity contribution in [2.24, 2.45) is 5.84 Å². The first-order valence-corrected chi connectivity index (χ1v) is 4.21. The molecule has 0 fully saturated rings. The molecule has 0 aliphatic carbocycles. The van der Waals surface area contributed by atoms with Crippen molar-refractivity contribution >= 4 is 21.8 Å². The SMILES string of the molecule is Cc1ccc(C(=O)NN)cc1Br. The van der Waals surface area contributed by atoms with E-state index in [1.807, 2.05) is 13.0 Å². The maximum atomic E-state index is 11.0. The zero-order valence-electron chi connectivity index (χ0n) is 6.60. The molecule has 0 heterocycles. The van der Waals surface area contributed by atoms with E-state index in [4.69, 9.17) is 5.84 Å². The topological polar surface area (TPSA) is 55.1 Å². The van der Waals surface area contributed by atoms with Crippen LogP contribution in [-0.4, -0.2) is 5.91 Å². The zero-order chi connectivity index (χ0) is 9.14. The van der Waals surface area contributed by atoms with Gasteiger partial charge in [-0.2, -0.15) is 0 Å². The molecule has 1 aromatic carbocycles. The minimum absolute atomic E-state index is 0.282. The van der Waals surface area contributed by atoms with E-state index in [0.717, 1.165) is 10.0 Å². The fourth-order valence-corrected chi connectivity index (χ4v) is 1.20. The van der Waals surface area contributed by atoms with Crippen LogP contribution in [0.3, 0.4) is 0 Å². The van der Waals surface area contributed by atoms with Crippen molar-refractivity contribution in [3.63, 3.8) is 0 Å². The van der Waals surface area contributed by atoms with Crippen LogP contribution in [0.4, 0.5) is 0 Å². The predicted molar refractivity (Wildman–Crippen MR) is 50.5 cm³/mol. The lowest BCUT2D eigenvalue weighted by atomic mass is 10.1. The normalized spacial score (nSPS) is 9.58. The number of carbonyl (C=O) groups excluding carboxylic acids is 1. The van der Waals surface area contributed by atoms with Gasteiger partial charge in [0.2, 0.25) is 0 Å². The highest BCUT2D eigenvalue weighted by atomic mass is 79.9. The fourth-order valence-electron chi connectivity index (χ4n) is 0.817. The fraction of sp³-hybridized carbons (Fsp3) is 0.125. The van der Waals surface area contributed by atoms with Crippen LogP contribution in [0.25, 0.3) is 0 Å². The van der Waals surface area contributed by atoms with E-state index in [9.17, 15) is 4.79 Å². The van der Waals surface area contributed by atoms with Gasteiger partial charge in [-0.3, -0.25) is 10.2 Å². The second-order valence-electron chi connectivity index (χ2n) is 2.44. The number of benzene rings is 1. The maximum absolute atomic E-state index is 11.0. The molecule has 0 bridgehead atoms. The maximum Gasteiger partial charge on any atom is 0.265 e. The van der Waals surface area contributed by atoms with Crippen LogP contribution < -0.4 is 11.3 Å². The van der Waals surface area contributed by atoms with Crippen LogP contribution >= 0.6 is 15.9 Å². The largest absolute Gasteiger partial charge is 0.290 e. The zero-order valence-corrected chi connectivity index (χ0v) is 8.18. The van der Waals surface area contributed by atoms with Gasteiger partial charge in [0, 0.05) is 10.0 Å². The van der Waals surface area contributed by atoms with Crippen molar-refractivity contribution in [2.75, 3.05) is 0 Å². The van der Waals surface area contributed by atoms with Crippen LogP contribution in [0.1, 0.15) is 15.9 Å². The smallest absolute Gasteiger partial charge is 0.265 e. The highest BCUT2D eigenvalue weighted by Crippen LogP contribution is 2.17. The van der Waals surface area contributed by atoms with Crippen molar-refractivity contribution in [3.8, 4) is 0 Å². The Kier molecular flexibility index (Phi) is 2.83. The molecular formula is C8H9BrN2O. The van der Waals surface area contributed by atoms with Crippen LogP contribution in [0.5, 0.6) is 0 Å². The Morgan fingerprint density at radius 2 is 2.25 bits per heavy atom. The number of nitrogens with two attached hydrogens (primary N) is 1. The number of carbonyl (C=O) groups is 1. The number of halogens is 1. The predicted octanol–water partition coefficient (Wildman–Crippen LogP) is 1.36. The first-order chi connectivity index (χ1) is 5.65. The monoisotopic (exact) mass is 228 g/mol. The van der Waals surface area contributed by atoms with E-state index in [1.165, 1.54) is 0 Å². The number of aryl methyl sites for hydroxylation is 1. The van der Waals surface area contributed by atoms with Crippen molar-refractivity contribution in [1.82, 2.24) is 5.43 Å². The number of rotatable bonds is 1. The molecular weight excluding hydrogens is 220 g/mol. The number of hydrazine groups is 1. The Bertz CT molecular complexity index is 312. The molecule has 0 saturated carbocycles. The summed E-state index contributed by atoms with van der Waals surface area (Å²) in [4.78, 5) is 11.0. The second-order valence-corrected chi connectivity index (χ2v) is 3.29. The first-order valence-electron chi connectivity index (χ1n) is 3.42. The van der Waals surface area contributed by atoms with Crippen LogP contribution in [0, 0.1) is 6.92 Å². The summed E-state index contributed by atoms with van der Waals surface area (Å²) in [6.07, 6.45) is 0. The van der Waals surface area contributed by atoms with Gasteiger partial charge in [0.1, 0.15) is 0 Å². The molecule has 0 atom stereocenters. The average molecular weight is 229 g/mol. The Labute approximate surface area is 79.1 Å². The number of nitrogen functional groups attached to an aromatic ring is 1. The van der Waals surface area contributed by atoms with Crippen LogP contribution in [-0.2, 0) is 0 Å². The molecule has 3 nitrogen and oxygen atoms in total. The molecule has 0 saturated heterocycles. The number of amides is 1. The third kappa shape index (κ3) is 1.84. The molecule has 1 aromatic rings. The third-order valence-corrected chi connectivity index (χ3v) is 2.42. The van der Waals surface area contributed by atoms with E-state index < -0.39 is 0 Å². The van der Waals surface area contributed by atoms with Gasteiger partial charge in [-0.25, -0.2) is 5.84 Å². The highest BCUT2D eigenvalue weighted by Gasteiger charge is 2.03. The molecule has 12 heavy (non-hydrogen) atoms. The van der Waals surface area contributed by atoms with Gasteiger partial charge in [-0.1, -0.05) is 22.0 Å². The Hall–Kier alpha value is -0.870. The van der Waals surface area contributed by atoms with Crippen LogP contribution in [0.2, 0.25) is 0 Å². The molecule has 0 aromatic heterocycles. The molecule has 0 unspecified atom stereocenters. The lowest BCUT2D eigenvalue weighted by Crippen LogP contribution is -2.29. The molecule has 0 aliphatic rings. The minimum Gasteiger partial charge on any atom is -0.290 e. The molecule has 0 radical (unpaired) electrons. The molecule has 0 aliphatic heterocycles. The van der Waals surface area contributed by atoms with Crippen molar-refractivity contribution in [3.05, 3.63) is 33.8 Å². The summed E-state index contributed by atoms with van der Waals surface area (Å²) in [5, 5.41) is 0. The highest BCUT2D eigenvalue weighted by molar-refractivity contribution is 9.10. The van der Waals surface area contributed by atoms with E-state index in [1.54, 1.807) is 12.1 Å². The molecule has 3 N–H and O–H groups in total. The number of nitrogens with one attached hydrogen (secondary N) is 1. The quantitative estimate of drug-likeness (QED) is 0.434. The summed E-state index contributed by atoms with van der Waals surface area (Å²) in [6, 6.07) is 5.31. The van der Waals surface area contributed by atoms with Gasteiger partial charge in [0.15, 0.2) is 0 Å². The molecule has 1 amide bonds. The summed E-state index contributed by atoms with van der Waals surface area (Å²) in [5.74, 6) is 4.70. The van der Waals surface area contributed by atoms with Crippen molar-refractivity contribution < 1.29 is 4.79 Å². The summed E-state index contributed by atoms with van der Waals surface area (Å²) in [6.45, 7) is 1.95. The lowest BCUT2D eigenvalue weighted by Gasteiger charge is -2.01. The van der Waals surface area contributed by atoms with Gasteiger partial charge < -0.3 is 0 Å². The van der Waals surface area contributed by atoms with E-state index in [-0.39, 0.29) is 5.91 Å². The third-order valence-electron chi connectivity index (χ3n) is 1.57. The minimum atomic E-state index is -0.282. The summed E-state index contributed by atoms with van der Waals surface area (Å²) >= 11 is 3.32. The van der Waals surface area contributed by atoms with Gasteiger partial charge in [0.05, 0.1) is 0 Å². The molecule has 4 heteroatoms. The van der Waals surface area contributed by atoms with Gasteiger partial charge >= 0.3 is 0 Å². The van der Waals surface area contributed by atoms with E-state index in [0.29, 0.717) is 5.56 Å². The second kappa shape index (κ2) is 3.69. The van der Waals surface area contributed by atoms with Gasteiger partial charge in [0.25, 0.3) is 5.91 Å². The standard InChI is InChI=1S/C8H9BrN2O/c1-5-2-3-6(4-7(5)9)8(12)11-10/h2-4H,10H2,1H3,(H,11,12). The first kappa shape index (κ1) is 9.22. The number of hydrogen-bond acceptors (Lipinski definition) is 2. The van der Waals surface area contributed by atoms with Gasteiger partial charge in [-0.05, 0) is 24.6 Å². The summed E-state index contributed by atoms with van der Waals surface area (Å²) in [7, 11) is 0. The average Bonchev–Trinajstić information content (AvgIpc) is 2.08. The summed E-state index contributed by atoms with van der Waals surface area (Å²) in [5.41, 5.74) is 3.71. The van der Waals surface area contributed by atoms with Crippen molar-refractivity contribution in [1.29, 1.82) is 0 Å². The lowest BCUT2D eigenvalue weighted by molar-refractivity contribution is 0.0953. The molecule has 0 spiro atoms. The molecule has 1 rings (SSSR count). The molecule has 64 valence electrons. The Morgan fingerprint density at radius 1 is 1.58 bits per heavy atom. The number of hydrogen-bond donors (Lipinski definition) is 2. The van der Waals surface area contributed by atoms with Crippen LogP contribution in [0.15, 0.2) is 22.7 Å². The van der Waals surface area contributed by atoms with Crippen molar-refractivity contribution in [2.45, 2.75) is 6.92 Å². The van der Waals surface area contributed by atoms with E-state index >= 15 is 0 Å². The van der Waals surface area contributed by atoms with E-state index in [2.05, 4.69) is 21.4 Å². The summed E-state index contributed by atoms with van der Waals surface area (Å²) < 4.78 is 0.906. The van der Waals surface area contributed by atoms with Gasteiger partial charge in [-0.15, -0.1) is 0 Å². The Morgan fingerprint density at radius 3 is 2.75 bits per heavy atom.